The van der Waals surface area contributed by atoms with Crippen LogP contribution >= 0.6 is 8.60 Å². The van der Waals surface area contributed by atoms with E-state index in [-0.39, 0.29) is 16.2 Å². The minimum Gasteiger partial charge on any atom is -0.417 e. The fraction of sp³-hybridized carbons (Fsp3) is 0.647. The van der Waals surface area contributed by atoms with E-state index < -0.39 is 8.60 Å². The molecule has 0 aliphatic carbocycles. The summed E-state index contributed by atoms with van der Waals surface area (Å²) >= 11 is 0. The Morgan fingerprint density at radius 1 is 0.684 bits per heavy atom. The van der Waals surface area contributed by atoms with Crippen molar-refractivity contribution in [3.8, 4) is 11.5 Å². The number of hydrogen-bond acceptors (Lipinski definition) is 3. The van der Waals surface area contributed by atoms with Gasteiger partial charge in [-0.25, -0.2) is 0 Å². The summed E-state index contributed by atoms with van der Waals surface area (Å²) in [6, 6.07) is 9.33. The van der Waals surface area contributed by atoms with Crippen molar-refractivity contribution < 1.29 is 13.6 Å². The number of fused-ring (bicyclic) bond motifs is 2. The van der Waals surface area contributed by atoms with Crippen molar-refractivity contribution in [1.82, 2.24) is 0 Å². The molecule has 0 N–H and O–H groups in total. The van der Waals surface area contributed by atoms with Crippen molar-refractivity contribution in [3.63, 3.8) is 0 Å². The lowest BCUT2D eigenvalue weighted by molar-refractivity contribution is 0.254. The van der Waals surface area contributed by atoms with Crippen LogP contribution in [0.2, 0.25) is 0 Å². The molecule has 1 atom stereocenters. The lowest BCUT2D eigenvalue weighted by Gasteiger charge is -2.32. The topological polar surface area (TPSA) is 27.7 Å². The van der Waals surface area contributed by atoms with Gasteiger partial charge >= 0.3 is 8.60 Å². The molecular weight excluding hydrogens is 487 g/mol. The van der Waals surface area contributed by atoms with Crippen LogP contribution in [0.15, 0.2) is 24.3 Å². The van der Waals surface area contributed by atoms with Crippen molar-refractivity contribution >= 4 is 8.60 Å². The Labute approximate surface area is 235 Å². The van der Waals surface area contributed by atoms with Gasteiger partial charge in [0, 0.05) is 12.0 Å². The Morgan fingerprint density at radius 3 is 1.79 bits per heavy atom. The molecule has 2 aromatic rings. The molecule has 1 aliphatic heterocycles. The van der Waals surface area contributed by atoms with Gasteiger partial charge in [-0.15, -0.1) is 0 Å². The molecule has 1 heterocycles. The molecule has 0 radical (unpaired) electrons. The maximum Gasteiger partial charge on any atom is 0.463 e. The molecule has 2 aromatic carbocycles. The first-order chi connectivity index (χ1) is 17.6. The van der Waals surface area contributed by atoms with Gasteiger partial charge in [-0.1, -0.05) is 126 Å². The Kier molecular flexibility index (Phi) is 10.0. The highest BCUT2D eigenvalue weighted by Gasteiger charge is 2.32. The minimum absolute atomic E-state index is 0.0406. The molecular formula is C34H53O3P. The van der Waals surface area contributed by atoms with Crippen LogP contribution in [0.1, 0.15) is 141 Å². The van der Waals surface area contributed by atoms with Crippen LogP contribution in [0.5, 0.6) is 11.5 Å². The predicted octanol–water partition coefficient (Wildman–Crippen LogP) is 10.9. The Morgan fingerprint density at radius 2 is 1.21 bits per heavy atom. The van der Waals surface area contributed by atoms with Gasteiger partial charge in [-0.2, -0.15) is 0 Å². The van der Waals surface area contributed by atoms with Crippen LogP contribution in [-0.4, -0.2) is 6.61 Å². The van der Waals surface area contributed by atoms with Gasteiger partial charge in [0.15, 0.2) is 0 Å². The van der Waals surface area contributed by atoms with Crippen molar-refractivity contribution in [2.75, 3.05) is 6.61 Å². The van der Waals surface area contributed by atoms with Crippen molar-refractivity contribution in [2.24, 2.45) is 0 Å². The van der Waals surface area contributed by atoms with E-state index in [1.807, 2.05) is 0 Å². The lowest BCUT2D eigenvalue weighted by atomic mass is 9.78. The summed E-state index contributed by atoms with van der Waals surface area (Å²) in [4.78, 5) is 0. The van der Waals surface area contributed by atoms with Crippen LogP contribution in [-0.2, 0) is 27.2 Å². The van der Waals surface area contributed by atoms with Crippen LogP contribution in [0, 0.1) is 6.92 Å². The molecule has 4 heteroatoms. The van der Waals surface area contributed by atoms with E-state index in [1.165, 1.54) is 59.9 Å². The molecule has 0 spiro atoms. The Bertz CT molecular complexity index is 1080. The summed E-state index contributed by atoms with van der Waals surface area (Å²) in [6.45, 7) is 25.6. The first-order valence-corrected chi connectivity index (χ1v) is 15.8. The summed E-state index contributed by atoms with van der Waals surface area (Å²) in [6.07, 6.45) is 8.16. The molecule has 0 saturated heterocycles. The summed E-state index contributed by atoms with van der Waals surface area (Å²) in [5.41, 5.74) is 7.54. The molecule has 3 rings (SSSR count). The number of rotatable bonds is 8. The average molecular weight is 541 g/mol. The predicted molar refractivity (Wildman–Crippen MR) is 164 cm³/mol. The molecule has 212 valence electrons. The second kappa shape index (κ2) is 12.3. The molecule has 1 aliphatic rings. The molecule has 0 saturated carbocycles. The third-order valence-corrected chi connectivity index (χ3v) is 8.52. The fourth-order valence-corrected chi connectivity index (χ4v) is 6.10. The number of unbranched alkanes of at least 4 members (excludes halogenated alkanes) is 5. The highest BCUT2D eigenvalue weighted by molar-refractivity contribution is 7.42. The zero-order valence-electron chi connectivity index (χ0n) is 26.1. The second-order valence-electron chi connectivity index (χ2n) is 14.2. The van der Waals surface area contributed by atoms with Crippen LogP contribution < -0.4 is 9.05 Å². The Hall–Kier alpha value is -1.57. The summed E-state index contributed by atoms with van der Waals surface area (Å²) in [5, 5.41) is 0. The zero-order chi connectivity index (χ0) is 28.3. The largest absolute Gasteiger partial charge is 0.463 e. The smallest absolute Gasteiger partial charge is 0.417 e. The van der Waals surface area contributed by atoms with Gasteiger partial charge in [-0.3, -0.25) is 4.52 Å². The van der Waals surface area contributed by atoms with E-state index in [0.29, 0.717) is 6.61 Å². The fourth-order valence-electron chi connectivity index (χ4n) is 4.91. The van der Waals surface area contributed by atoms with Gasteiger partial charge in [0.05, 0.1) is 6.61 Å². The highest BCUT2D eigenvalue weighted by Crippen LogP contribution is 2.51. The third-order valence-electron chi connectivity index (χ3n) is 7.46. The number of benzene rings is 2. The molecule has 3 nitrogen and oxygen atoms in total. The maximum absolute atomic E-state index is 6.74. The normalized spacial score (nSPS) is 16.1. The van der Waals surface area contributed by atoms with E-state index >= 15 is 0 Å². The second-order valence-corrected chi connectivity index (χ2v) is 15.3. The SMILES string of the molecule is CCCCCCCCOP1Oc2c(C)cc(C(C)(C)C)cc2Cc2cc(C(C)(C)C)cc(C(C)(C)C)c2O1. The van der Waals surface area contributed by atoms with Crippen LogP contribution in [0.3, 0.4) is 0 Å². The average Bonchev–Trinajstić information content (AvgIpc) is 2.77. The molecule has 1 unspecified atom stereocenters. The molecule has 0 bridgehead atoms. The van der Waals surface area contributed by atoms with Crippen molar-refractivity contribution in [1.29, 1.82) is 0 Å². The van der Waals surface area contributed by atoms with Crippen LogP contribution in [0.25, 0.3) is 0 Å². The van der Waals surface area contributed by atoms with Crippen LogP contribution in [0.4, 0.5) is 0 Å². The third kappa shape index (κ3) is 7.98. The molecule has 0 aromatic heterocycles. The first kappa shape index (κ1) is 31.0. The maximum atomic E-state index is 6.74. The highest BCUT2D eigenvalue weighted by atomic mass is 31.2. The quantitative estimate of drug-likeness (QED) is 0.246. The van der Waals surface area contributed by atoms with Gasteiger partial charge in [0.1, 0.15) is 11.5 Å². The number of aryl methyl sites for hydroxylation is 1. The summed E-state index contributed by atoms with van der Waals surface area (Å²) < 4.78 is 19.7. The Balaban J connectivity index is 2.07. The van der Waals surface area contributed by atoms with E-state index in [1.54, 1.807) is 0 Å². The molecule has 38 heavy (non-hydrogen) atoms. The van der Waals surface area contributed by atoms with E-state index in [2.05, 4.69) is 100 Å². The van der Waals surface area contributed by atoms with E-state index in [0.717, 1.165) is 29.9 Å². The molecule has 0 amide bonds. The number of hydrogen-bond donors (Lipinski definition) is 0. The lowest BCUT2D eigenvalue weighted by Crippen LogP contribution is -2.20. The summed E-state index contributed by atoms with van der Waals surface area (Å²) in [5.74, 6) is 1.88. The standard InChI is InChI=1S/C34H53O3P/c1-12-13-14-15-16-17-18-35-38-36-30-24(2)19-27(32(3,4)5)21-25(30)20-26-22-28(33(6,7)8)23-29(31(26)37-38)34(9,10)11/h19,21-23H,12-18,20H2,1-11H3. The zero-order valence-corrected chi connectivity index (χ0v) is 27.0. The van der Waals surface area contributed by atoms with Gasteiger partial charge in [0.2, 0.25) is 0 Å². The van der Waals surface area contributed by atoms with Crippen molar-refractivity contribution in [3.05, 3.63) is 57.6 Å². The van der Waals surface area contributed by atoms with Gasteiger partial charge < -0.3 is 9.05 Å². The van der Waals surface area contributed by atoms with Gasteiger partial charge in [0.25, 0.3) is 0 Å². The molecule has 0 fully saturated rings. The van der Waals surface area contributed by atoms with E-state index in [9.17, 15) is 0 Å². The monoisotopic (exact) mass is 540 g/mol. The van der Waals surface area contributed by atoms with E-state index in [4.69, 9.17) is 13.6 Å². The first-order valence-electron chi connectivity index (χ1n) is 14.7. The summed E-state index contributed by atoms with van der Waals surface area (Å²) in [7, 11) is -1.57. The van der Waals surface area contributed by atoms with Gasteiger partial charge in [-0.05, 0) is 57.4 Å². The minimum atomic E-state index is -1.57. The van der Waals surface area contributed by atoms with Crippen molar-refractivity contribution in [2.45, 2.75) is 137 Å².